The minimum Gasteiger partial charge on any atom is -0.385 e. The van der Waals surface area contributed by atoms with Crippen LogP contribution in [-0.4, -0.2) is 66.2 Å². The SMILES string of the molecule is Nc1ncnc2c1ncn2C1(O)COC(CNCCn2c3ccccc3c3ccc(C(F)(F)F)cc32)C1O. The van der Waals surface area contributed by atoms with Gasteiger partial charge >= 0.3 is 6.18 Å². The van der Waals surface area contributed by atoms with Gasteiger partial charge in [-0.3, -0.25) is 4.57 Å². The maximum atomic E-state index is 13.4. The Hall–Kier alpha value is -3.78. The molecular formula is C25H24F3N7O3. The topological polar surface area (TPSA) is 136 Å². The van der Waals surface area contributed by atoms with Gasteiger partial charge in [0.25, 0.3) is 0 Å². The van der Waals surface area contributed by atoms with Crippen molar-refractivity contribution in [3.05, 3.63) is 60.7 Å². The summed E-state index contributed by atoms with van der Waals surface area (Å²) in [5.74, 6) is 0.149. The lowest BCUT2D eigenvalue weighted by Crippen LogP contribution is -2.48. The lowest BCUT2D eigenvalue weighted by atomic mass is 10.1. The number of ether oxygens (including phenoxy) is 1. The number of rotatable bonds is 6. The van der Waals surface area contributed by atoms with E-state index in [0.29, 0.717) is 24.1 Å². The fraction of sp³-hybridized carbons (Fsp3) is 0.320. The number of aliphatic hydroxyl groups excluding tert-OH is 1. The lowest BCUT2D eigenvalue weighted by Gasteiger charge is -2.28. The van der Waals surface area contributed by atoms with E-state index < -0.39 is 29.7 Å². The largest absolute Gasteiger partial charge is 0.416 e. The van der Waals surface area contributed by atoms with Gasteiger partial charge in [0.05, 0.1) is 18.5 Å². The van der Waals surface area contributed by atoms with Gasteiger partial charge < -0.3 is 30.6 Å². The summed E-state index contributed by atoms with van der Waals surface area (Å²) >= 11 is 0. The number of hydrogen-bond donors (Lipinski definition) is 4. The highest BCUT2D eigenvalue weighted by Crippen LogP contribution is 2.36. The van der Waals surface area contributed by atoms with E-state index in [-0.39, 0.29) is 24.6 Å². The molecule has 1 aliphatic rings. The Morgan fingerprint density at radius 3 is 2.71 bits per heavy atom. The number of alkyl halides is 3. The quantitative estimate of drug-likeness (QED) is 0.247. The van der Waals surface area contributed by atoms with Crippen molar-refractivity contribution >= 4 is 38.8 Å². The molecule has 1 saturated heterocycles. The Labute approximate surface area is 213 Å². The molecule has 2 aromatic carbocycles. The van der Waals surface area contributed by atoms with Crippen molar-refractivity contribution in [2.75, 3.05) is 25.4 Å². The second-order valence-corrected chi connectivity index (χ2v) is 9.32. The number of aromatic nitrogens is 5. The standard InChI is InChI=1S/C25H24F3N7O3/c26-25(27,28)14-5-6-16-15-3-1-2-4-17(15)34(18(16)9-14)8-7-30-10-19-21(36)24(37,11-38-19)35-13-33-20-22(29)31-12-32-23(20)35/h1-6,9,12-13,19,21,30,36-37H,7-8,10-11H2,(H2,29,31,32). The van der Waals surface area contributed by atoms with Crippen LogP contribution in [0.5, 0.6) is 0 Å². The first-order valence-electron chi connectivity index (χ1n) is 11.9. The molecule has 38 heavy (non-hydrogen) atoms. The van der Waals surface area contributed by atoms with Crippen molar-refractivity contribution < 1.29 is 28.1 Å². The summed E-state index contributed by atoms with van der Waals surface area (Å²) in [4.78, 5) is 12.1. The van der Waals surface area contributed by atoms with Crippen molar-refractivity contribution in [2.24, 2.45) is 0 Å². The van der Waals surface area contributed by atoms with Crippen LogP contribution < -0.4 is 11.1 Å². The van der Waals surface area contributed by atoms with Crippen molar-refractivity contribution in [1.82, 2.24) is 29.4 Å². The number of nitrogens with two attached hydrogens (primary N) is 1. The number of nitrogens with zero attached hydrogens (tertiary/aromatic N) is 5. The minimum absolute atomic E-state index is 0.149. The number of halogens is 3. The Morgan fingerprint density at radius 1 is 1.11 bits per heavy atom. The van der Waals surface area contributed by atoms with Crippen LogP contribution in [0.1, 0.15) is 5.56 Å². The molecule has 0 radical (unpaired) electrons. The maximum absolute atomic E-state index is 13.4. The molecule has 3 unspecified atom stereocenters. The van der Waals surface area contributed by atoms with E-state index in [2.05, 4.69) is 20.3 Å². The van der Waals surface area contributed by atoms with Gasteiger partial charge in [0, 0.05) is 41.4 Å². The highest BCUT2D eigenvalue weighted by atomic mass is 19.4. The average Bonchev–Trinajstić information content (AvgIpc) is 3.56. The molecule has 3 aromatic heterocycles. The molecule has 5 aromatic rings. The Bertz CT molecular complexity index is 1650. The van der Waals surface area contributed by atoms with Crippen molar-refractivity contribution in [2.45, 2.75) is 30.7 Å². The number of anilines is 1. The van der Waals surface area contributed by atoms with Gasteiger partial charge in [-0.25, -0.2) is 15.0 Å². The monoisotopic (exact) mass is 527 g/mol. The number of hydrogen-bond acceptors (Lipinski definition) is 8. The average molecular weight is 528 g/mol. The van der Waals surface area contributed by atoms with Crippen LogP contribution in [0.2, 0.25) is 0 Å². The molecule has 0 spiro atoms. The molecule has 0 amide bonds. The zero-order chi connectivity index (χ0) is 26.7. The molecule has 5 N–H and O–H groups in total. The summed E-state index contributed by atoms with van der Waals surface area (Å²) < 4.78 is 49.0. The third-order valence-electron chi connectivity index (χ3n) is 7.07. The lowest BCUT2D eigenvalue weighted by molar-refractivity contribution is -0.137. The number of imidazole rings is 1. The van der Waals surface area contributed by atoms with Gasteiger partial charge in [-0.1, -0.05) is 24.3 Å². The first-order valence-corrected chi connectivity index (χ1v) is 11.9. The van der Waals surface area contributed by atoms with Crippen LogP contribution in [0.15, 0.2) is 55.1 Å². The predicted molar refractivity (Wildman–Crippen MR) is 133 cm³/mol. The van der Waals surface area contributed by atoms with Crippen LogP contribution >= 0.6 is 0 Å². The van der Waals surface area contributed by atoms with Gasteiger partial charge in [0.1, 0.15) is 24.1 Å². The number of fused-ring (bicyclic) bond motifs is 4. The van der Waals surface area contributed by atoms with Gasteiger partial charge in [-0.05, 0) is 18.2 Å². The zero-order valence-electron chi connectivity index (χ0n) is 19.9. The van der Waals surface area contributed by atoms with E-state index in [1.165, 1.54) is 29.4 Å². The van der Waals surface area contributed by atoms with E-state index in [1.54, 1.807) is 0 Å². The van der Waals surface area contributed by atoms with Crippen molar-refractivity contribution in [3.8, 4) is 0 Å². The zero-order valence-corrected chi connectivity index (χ0v) is 19.9. The third-order valence-corrected chi connectivity index (χ3v) is 7.07. The molecule has 4 heterocycles. The summed E-state index contributed by atoms with van der Waals surface area (Å²) in [5.41, 5.74) is 5.18. The first kappa shape index (κ1) is 24.6. The maximum Gasteiger partial charge on any atom is 0.416 e. The fourth-order valence-electron chi connectivity index (χ4n) is 5.12. The number of nitrogens with one attached hydrogen (secondary N) is 1. The van der Waals surface area contributed by atoms with Crippen molar-refractivity contribution in [1.29, 1.82) is 0 Å². The Balaban J connectivity index is 1.18. The Morgan fingerprint density at radius 2 is 1.89 bits per heavy atom. The van der Waals surface area contributed by atoms with E-state index >= 15 is 0 Å². The highest BCUT2D eigenvalue weighted by molar-refractivity contribution is 6.08. The van der Waals surface area contributed by atoms with E-state index in [4.69, 9.17) is 10.5 Å². The molecular weight excluding hydrogens is 503 g/mol. The van der Waals surface area contributed by atoms with Gasteiger partial charge in [0.2, 0.25) is 0 Å². The first-order chi connectivity index (χ1) is 18.2. The van der Waals surface area contributed by atoms with Gasteiger partial charge in [-0.15, -0.1) is 0 Å². The van der Waals surface area contributed by atoms with E-state index in [9.17, 15) is 23.4 Å². The summed E-state index contributed by atoms with van der Waals surface area (Å²) in [6.07, 6.45) is -3.95. The number of benzene rings is 2. The Kier molecular flexibility index (Phi) is 5.76. The molecule has 198 valence electrons. The molecule has 0 bridgehead atoms. The van der Waals surface area contributed by atoms with Crippen LogP contribution in [0, 0.1) is 0 Å². The fourth-order valence-corrected chi connectivity index (χ4v) is 5.12. The highest BCUT2D eigenvalue weighted by Gasteiger charge is 2.50. The second kappa shape index (κ2) is 8.91. The molecule has 13 heteroatoms. The normalized spacial score (nSPS) is 22.2. The number of para-hydroxylation sites is 1. The van der Waals surface area contributed by atoms with Gasteiger partial charge in [-0.2, -0.15) is 13.2 Å². The number of aliphatic hydroxyl groups is 2. The van der Waals surface area contributed by atoms with Crippen LogP contribution in [0.25, 0.3) is 33.0 Å². The number of nitrogen functional groups attached to an aromatic ring is 1. The third kappa shape index (κ3) is 3.86. The molecule has 10 nitrogen and oxygen atoms in total. The predicted octanol–water partition coefficient (Wildman–Crippen LogP) is 2.23. The molecule has 1 aliphatic heterocycles. The summed E-state index contributed by atoms with van der Waals surface area (Å²) in [5, 5.41) is 27.0. The van der Waals surface area contributed by atoms with Crippen LogP contribution in [0.4, 0.5) is 19.0 Å². The van der Waals surface area contributed by atoms with Crippen molar-refractivity contribution in [3.63, 3.8) is 0 Å². The molecule has 0 aliphatic carbocycles. The second-order valence-electron chi connectivity index (χ2n) is 9.32. The summed E-state index contributed by atoms with van der Waals surface area (Å²) in [6, 6.07) is 11.2. The van der Waals surface area contributed by atoms with E-state index in [1.807, 2.05) is 28.8 Å². The summed E-state index contributed by atoms with van der Waals surface area (Å²) in [6.45, 7) is 0.745. The minimum atomic E-state index is -4.45. The molecule has 0 saturated carbocycles. The van der Waals surface area contributed by atoms with Crippen LogP contribution in [0.3, 0.4) is 0 Å². The van der Waals surface area contributed by atoms with Gasteiger partial charge in [0.15, 0.2) is 17.2 Å². The molecule has 1 fully saturated rings. The molecule has 3 atom stereocenters. The molecule has 6 rings (SSSR count). The van der Waals surface area contributed by atoms with E-state index in [0.717, 1.165) is 22.4 Å². The van der Waals surface area contributed by atoms with Crippen LogP contribution in [-0.2, 0) is 23.2 Å². The smallest absolute Gasteiger partial charge is 0.385 e. The summed E-state index contributed by atoms with van der Waals surface area (Å²) in [7, 11) is 0.